The number of carbonyl (C=O) groups is 1. The number of methoxy groups -OCH3 is 1. The van der Waals surface area contributed by atoms with E-state index in [1.54, 1.807) is 0 Å². The molecule has 3 aliphatic carbocycles. The maximum Gasteiger partial charge on any atom is 0.337 e. The molecule has 0 spiro atoms. The van der Waals surface area contributed by atoms with Gasteiger partial charge in [-0.2, -0.15) is 0 Å². The van der Waals surface area contributed by atoms with E-state index in [-0.39, 0.29) is 5.97 Å². The third-order valence-corrected chi connectivity index (χ3v) is 6.09. The molecule has 3 saturated carbocycles. The van der Waals surface area contributed by atoms with Crippen molar-refractivity contribution >= 4 is 11.7 Å². The minimum absolute atomic E-state index is 0.268. The summed E-state index contributed by atoms with van der Waals surface area (Å²) in [4.78, 5) is 11.5. The molecule has 3 nitrogen and oxygen atoms in total. The summed E-state index contributed by atoms with van der Waals surface area (Å²) in [7, 11) is 1.42. The summed E-state index contributed by atoms with van der Waals surface area (Å²) in [6.45, 7) is 0. The van der Waals surface area contributed by atoms with Crippen LogP contribution in [0.15, 0.2) is 24.3 Å². The maximum atomic E-state index is 11.5. The van der Waals surface area contributed by atoms with Crippen LogP contribution in [-0.4, -0.2) is 19.1 Å². The molecule has 4 rings (SSSR count). The van der Waals surface area contributed by atoms with Gasteiger partial charge in [0.1, 0.15) is 0 Å². The van der Waals surface area contributed by atoms with Crippen LogP contribution in [-0.2, 0) is 4.74 Å². The molecule has 0 amide bonds. The van der Waals surface area contributed by atoms with Crippen LogP contribution in [0.4, 0.5) is 5.69 Å². The first-order valence-corrected chi connectivity index (χ1v) is 8.21. The second-order valence-corrected chi connectivity index (χ2v) is 6.97. The van der Waals surface area contributed by atoms with E-state index in [4.69, 9.17) is 4.74 Å². The Bertz CT molecular complexity index is 539. The number of nitrogens with one attached hydrogen (secondary N) is 1. The molecule has 0 saturated heterocycles. The van der Waals surface area contributed by atoms with Gasteiger partial charge in [-0.25, -0.2) is 4.79 Å². The molecule has 0 aliphatic heterocycles. The van der Waals surface area contributed by atoms with E-state index in [0.717, 1.165) is 29.4 Å². The fourth-order valence-corrected chi connectivity index (χ4v) is 5.27. The number of carbonyl (C=O) groups excluding carboxylic acids is 1. The summed E-state index contributed by atoms with van der Waals surface area (Å²) in [5.41, 5.74) is 1.75. The third kappa shape index (κ3) is 2.14. The van der Waals surface area contributed by atoms with E-state index in [1.165, 1.54) is 39.2 Å². The number of ether oxygens (including phenoxy) is 1. The van der Waals surface area contributed by atoms with E-state index < -0.39 is 0 Å². The SMILES string of the molecule is COC(=O)c1ccc(NC2CC3CC2C2CCCC32)cc1. The number of esters is 1. The number of benzene rings is 1. The second kappa shape index (κ2) is 5.04. The summed E-state index contributed by atoms with van der Waals surface area (Å²) < 4.78 is 4.74. The van der Waals surface area contributed by atoms with E-state index >= 15 is 0 Å². The topological polar surface area (TPSA) is 38.3 Å². The van der Waals surface area contributed by atoms with Gasteiger partial charge in [0.25, 0.3) is 0 Å². The Kier molecular flexibility index (Phi) is 3.16. The molecule has 21 heavy (non-hydrogen) atoms. The highest BCUT2D eigenvalue weighted by Crippen LogP contribution is 2.59. The lowest BCUT2D eigenvalue weighted by atomic mass is 9.79. The van der Waals surface area contributed by atoms with Crippen molar-refractivity contribution in [3.63, 3.8) is 0 Å². The highest BCUT2D eigenvalue weighted by atomic mass is 16.5. The second-order valence-electron chi connectivity index (χ2n) is 6.97. The molecule has 1 aromatic rings. The lowest BCUT2D eigenvalue weighted by Gasteiger charge is -2.32. The first-order chi connectivity index (χ1) is 10.3. The van der Waals surface area contributed by atoms with Crippen molar-refractivity contribution in [1.29, 1.82) is 0 Å². The predicted molar refractivity (Wildman–Crippen MR) is 82.2 cm³/mol. The fourth-order valence-electron chi connectivity index (χ4n) is 5.27. The minimum atomic E-state index is -0.268. The standard InChI is InChI=1S/C18H23NO2/c1-21-18(20)11-5-7-13(8-6-11)19-17-10-12-9-16(17)15-4-2-3-14(12)15/h5-8,12,14-17,19H,2-4,9-10H2,1H3. The Labute approximate surface area is 126 Å². The van der Waals surface area contributed by atoms with Crippen LogP contribution in [0.2, 0.25) is 0 Å². The quantitative estimate of drug-likeness (QED) is 0.860. The van der Waals surface area contributed by atoms with Crippen molar-refractivity contribution < 1.29 is 9.53 Å². The molecular formula is C18H23NO2. The monoisotopic (exact) mass is 285 g/mol. The summed E-state index contributed by atoms with van der Waals surface area (Å²) in [6.07, 6.45) is 7.15. The first kappa shape index (κ1) is 13.2. The van der Waals surface area contributed by atoms with Gasteiger partial charge in [0, 0.05) is 11.7 Å². The van der Waals surface area contributed by atoms with Crippen molar-refractivity contribution in [2.24, 2.45) is 23.7 Å². The zero-order valence-electron chi connectivity index (χ0n) is 12.5. The van der Waals surface area contributed by atoms with E-state index in [1.807, 2.05) is 24.3 Å². The zero-order chi connectivity index (χ0) is 14.4. The predicted octanol–water partition coefficient (Wildman–Crippen LogP) is 3.71. The maximum absolute atomic E-state index is 11.5. The Morgan fingerprint density at radius 1 is 1.10 bits per heavy atom. The van der Waals surface area contributed by atoms with Gasteiger partial charge in [-0.1, -0.05) is 6.42 Å². The summed E-state index contributed by atoms with van der Waals surface area (Å²) in [6, 6.07) is 8.34. The van der Waals surface area contributed by atoms with Crippen molar-refractivity contribution in [1.82, 2.24) is 0 Å². The number of anilines is 1. The summed E-state index contributed by atoms with van der Waals surface area (Å²) >= 11 is 0. The molecule has 5 atom stereocenters. The van der Waals surface area contributed by atoms with E-state index in [2.05, 4.69) is 5.32 Å². The van der Waals surface area contributed by atoms with Crippen LogP contribution in [0.1, 0.15) is 42.5 Å². The first-order valence-electron chi connectivity index (χ1n) is 8.21. The Morgan fingerprint density at radius 2 is 1.86 bits per heavy atom. The zero-order valence-corrected chi connectivity index (χ0v) is 12.5. The van der Waals surface area contributed by atoms with Gasteiger partial charge < -0.3 is 10.1 Å². The normalized spacial score (nSPS) is 36.5. The van der Waals surface area contributed by atoms with Crippen molar-refractivity contribution in [3.05, 3.63) is 29.8 Å². The van der Waals surface area contributed by atoms with Gasteiger partial charge in [0.2, 0.25) is 0 Å². The van der Waals surface area contributed by atoms with Gasteiger partial charge in [0.15, 0.2) is 0 Å². The highest BCUT2D eigenvalue weighted by molar-refractivity contribution is 5.89. The van der Waals surface area contributed by atoms with Gasteiger partial charge in [-0.3, -0.25) is 0 Å². The molecular weight excluding hydrogens is 262 g/mol. The van der Waals surface area contributed by atoms with E-state index in [9.17, 15) is 4.79 Å². The molecule has 0 heterocycles. The van der Waals surface area contributed by atoms with E-state index in [0.29, 0.717) is 11.6 Å². The molecule has 5 unspecified atom stereocenters. The average molecular weight is 285 g/mol. The third-order valence-electron chi connectivity index (χ3n) is 6.09. The molecule has 1 N–H and O–H groups in total. The number of hydrogen-bond donors (Lipinski definition) is 1. The Morgan fingerprint density at radius 3 is 2.62 bits per heavy atom. The molecule has 3 heteroatoms. The fraction of sp³-hybridized carbons (Fsp3) is 0.611. The van der Waals surface area contributed by atoms with Crippen LogP contribution in [0.5, 0.6) is 0 Å². The number of fused-ring (bicyclic) bond motifs is 5. The lowest BCUT2D eigenvalue weighted by molar-refractivity contribution is 0.0601. The van der Waals surface area contributed by atoms with Gasteiger partial charge >= 0.3 is 5.97 Å². The highest BCUT2D eigenvalue weighted by Gasteiger charge is 2.53. The number of rotatable bonds is 3. The van der Waals surface area contributed by atoms with Gasteiger partial charge in [-0.05, 0) is 73.6 Å². The minimum Gasteiger partial charge on any atom is -0.465 e. The molecule has 112 valence electrons. The van der Waals surface area contributed by atoms with Gasteiger partial charge in [0.05, 0.1) is 12.7 Å². The molecule has 3 aliphatic rings. The molecule has 0 aromatic heterocycles. The number of hydrogen-bond acceptors (Lipinski definition) is 3. The van der Waals surface area contributed by atoms with Crippen LogP contribution >= 0.6 is 0 Å². The summed E-state index contributed by atoms with van der Waals surface area (Å²) in [5.74, 6) is 3.60. The van der Waals surface area contributed by atoms with Crippen molar-refractivity contribution in [2.75, 3.05) is 12.4 Å². The Balaban J connectivity index is 1.44. The van der Waals surface area contributed by atoms with Crippen LogP contribution in [0.25, 0.3) is 0 Å². The average Bonchev–Trinajstić information content (AvgIpc) is 3.19. The van der Waals surface area contributed by atoms with Crippen molar-refractivity contribution in [3.8, 4) is 0 Å². The van der Waals surface area contributed by atoms with Crippen LogP contribution in [0, 0.1) is 23.7 Å². The largest absolute Gasteiger partial charge is 0.465 e. The molecule has 0 radical (unpaired) electrons. The van der Waals surface area contributed by atoms with Gasteiger partial charge in [-0.15, -0.1) is 0 Å². The molecule has 1 aromatic carbocycles. The van der Waals surface area contributed by atoms with Crippen LogP contribution < -0.4 is 5.32 Å². The lowest BCUT2D eigenvalue weighted by Crippen LogP contribution is -2.33. The van der Waals surface area contributed by atoms with Crippen molar-refractivity contribution in [2.45, 2.75) is 38.1 Å². The Hall–Kier alpha value is -1.51. The molecule has 2 bridgehead atoms. The summed E-state index contributed by atoms with van der Waals surface area (Å²) in [5, 5.41) is 3.72. The van der Waals surface area contributed by atoms with Crippen LogP contribution in [0.3, 0.4) is 0 Å². The smallest absolute Gasteiger partial charge is 0.337 e. The molecule has 3 fully saturated rings.